The zero-order chi connectivity index (χ0) is 19.5. The summed E-state index contributed by atoms with van der Waals surface area (Å²) >= 11 is 0. The molecule has 1 aliphatic heterocycles. The number of morpholine rings is 1. The number of hydrogen-bond donors (Lipinski definition) is 2. The Balaban J connectivity index is 1.66. The lowest BCUT2D eigenvalue weighted by Crippen LogP contribution is -2.44. The highest BCUT2D eigenvalue weighted by Gasteiger charge is 2.23. The molecule has 4 rings (SSSR count). The molecule has 1 atom stereocenters. The van der Waals surface area contributed by atoms with Gasteiger partial charge in [0, 0.05) is 30.5 Å². The Hall–Kier alpha value is -3.13. The molecule has 1 aliphatic rings. The van der Waals surface area contributed by atoms with Gasteiger partial charge in [-0.15, -0.1) is 5.10 Å². The Labute approximate surface area is 163 Å². The maximum atomic E-state index is 11.7. The van der Waals surface area contributed by atoms with Crippen LogP contribution in [0, 0.1) is 0 Å². The average Bonchev–Trinajstić information content (AvgIpc) is 3.17. The molecule has 8 heteroatoms. The van der Waals surface area contributed by atoms with Crippen LogP contribution in [0.4, 0.5) is 16.3 Å². The molecule has 1 fully saturated rings. The number of rotatable bonds is 4. The molecule has 3 aromatic rings. The second-order valence-electron chi connectivity index (χ2n) is 6.78. The maximum absolute atomic E-state index is 11.7. The van der Waals surface area contributed by atoms with E-state index < -0.39 is 0 Å². The van der Waals surface area contributed by atoms with Gasteiger partial charge < -0.3 is 20.3 Å². The molecular weight excluding hydrogens is 356 g/mol. The van der Waals surface area contributed by atoms with Gasteiger partial charge in [0.15, 0.2) is 11.6 Å². The number of benzene rings is 1. The molecule has 8 nitrogen and oxygen atoms in total. The third-order valence-electron chi connectivity index (χ3n) is 4.75. The summed E-state index contributed by atoms with van der Waals surface area (Å²) in [5.41, 5.74) is 2.59. The van der Waals surface area contributed by atoms with Crippen LogP contribution in [0.2, 0.25) is 0 Å². The largest absolute Gasteiger partial charge is 0.377 e. The van der Waals surface area contributed by atoms with Gasteiger partial charge in [-0.3, -0.25) is 0 Å². The minimum absolute atomic E-state index is 0.219. The minimum atomic E-state index is -0.219. The van der Waals surface area contributed by atoms with E-state index in [4.69, 9.17) is 9.72 Å². The van der Waals surface area contributed by atoms with Gasteiger partial charge in [0.1, 0.15) is 5.52 Å². The molecule has 0 aliphatic carbocycles. The van der Waals surface area contributed by atoms with Gasteiger partial charge in [-0.05, 0) is 50.2 Å². The van der Waals surface area contributed by atoms with Crippen LogP contribution < -0.4 is 15.5 Å². The number of carbonyl (C=O) groups is 1. The summed E-state index contributed by atoms with van der Waals surface area (Å²) in [6.07, 6.45) is 1.93. The van der Waals surface area contributed by atoms with Crippen molar-refractivity contribution in [3.05, 3.63) is 42.6 Å². The van der Waals surface area contributed by atoms with Crippen LogP contribution in [0.1, 0.15) is 13.8 Å². The fourth-order valence-electron chi connectivity index (χ4n) is 3.33. The van der Waals surface area contributed by atoms with Crippen molar-refractivity contribution >= 4 is 23.1 Å². The number of nitrogens with zero attached hydrogens (tertiary/aromatic N) is 4. The van der Waals surface area contributed by atoms with Crippen LogP contribution in [0.25, 0.3) is 16.9 Å². The Kier molecular flexibility index (Phi) is 5.12. The molecule has 0 saturated carbocycles. The lowest BCUT2D eigenvalue weighted by atomic mass is 10.2. The van der Waals surface area contributed by atoms with Crippen LogP contribution in [-0.2, 0) is 4.74 Å². The average molecular weight is 380 g/mol. The lowest BCUT2D eigenvalue weighted by molar-refractivity contribution is 0.0986. The molecule has 1 aromatic carbocycles. The van der Waals surface area contributed by atoms with Crippen molar-refractivity contribution in [1.82, 2.24) is 19.9 Å². The lowest BCUT2D eigenvalue weighted by Gasteiger charge is -2.34. The van der Waals surface area contributed by atoms with Gasteiger partial charge in [0.05, 0.1) is 19.3 Å². The van der Waals surface area contributed by atoms with E-state index in [1.807, 2.05) is 54.0 Å². The fraction of sp³-hybridized carbons (Fsp3) is 0.350. The number of ether oxygens (including phenoxy) is 1. The Bertz CT molecular complexity index is 968. The van der Waals surface area contributed by atoms with Crippen molar-refractivity contribution in [1.29, 1.82) is 0 Å². The van der Waals surface area contributed by atoms with Crippen molar-refractivity contribution in [3.8, 4) is 11.4 Å². The zero-order valence-corrected chi connectivity index (χ0v) is 16.1. The van der Waals surface area contributed by atoms with Crippen molar-refractivity contribution in [2.24, 2.45) is 0 Å². The molecule has 1 saturated heterocycles. The molecule has 3 heterocycles. The molecule has 0 unspecified atom stereocenters. The number of amides is 2. The van der Waals surface area contributed by atoms with Gasteiger partial charge in [-0.1, -0.05) is 0 Å². The molecule has 28 heavy (non-hydrogen) atoms. The standard InChI is InChI=1S/C20H24N6O2/c1-3-21-20(27)22-16-8-6-15(7-9-16)18-23-19(17-5-4-10-26(17)24-18)25-11-12-28-13-14(25)2/h4-10,14H,3,11-13H2,1-2H3,(H2,21,22,27)/t14-/m1/s1. The van der Waals surface area contributed by atoms with Crippen molar-refractivity contribution in [3.63, 3.8) is 0 Å². The summed E-state index contributed by atoms with van der Waals surface area (Å²) in [6.45, 7) is 6.78. The van der Waals surface area contributed by atoms with Gasteiger partial charge in [0.2, 0.25) is 0 Å². The van der Waals surface area contributed by atoms with Crippen molar-refractivity contribution in [2.75, 3.05) is 36.5 Å². The maximum Gasteiger partial charge on any atom is 0.319 e. The van der Waals surface area contributed by atoms with Gasteiger partial charge in [-0.25, -0.2) is 14.3 Å². The molecular formula is C20H24N6O2. The predicted octanol–water partition coefficient (Wildman–Crippen LogP) is 2.76. The van der Waals surface area contributed by atoms with Gasteiger partial charge >= 0.3 is 6.03 Å². The number of anilines is 2. The molecule has 2 amide bonds. The van der Waals surface area contributed by atoms with Gasteiger partial charge in [-0.2, -0.15) is 0 Å². The molecule has 0 spiro atoms. The first kappa shape index (κ1) is 18.2. The first-order chi connectivity index (χ1) is 13.7. The number of hydrogen-bond acceptors (Lipinski definition) is 5. The minimum Gasteiger partial charge on any atom is -0.377 e. The third-order valence-corrected chi connectivity index (χ3v) is 4.75. The van der Waals surface area contributed by atoms with E-state index >= 15 is 0 Å². The Morgan fingerprint density at radius 2 is 2.11 bits per heavy atom. The smallest absolute Gasteiger partial charge is 0.319 e. The highest BCUT2D eigenvalue weighted by atomic mass is 16.5. The summed E-state index contributed by atoms with van der Waals surface area (Å²) in [6, 6.07) is 11.6. The quantitative estimate of drug-likeness (QED) is 0.727. The molecule has 146 valence electrons. The van der Waals surface area contributed by atoms with Crippen LogP contribution >= 0.6 is 0 Å². The van der Waals surface area contributed by atoms with E-state index in [0.29, 0.717) is 25.6 Å². The Morgan fingerprint density at radius 1 is 1.29 bits per heavy atom. The van der Waals surface area contributed by atoms with Crippen LogP contribution in [0.15, 0.2) is 42.6 Å². The van der Waals surface area contributed by atoms with E-state index in [0.717, 1.165) is 29.1 Å². The summed E-state index contributed by atoms with van der Waals surface area (Å²) in [4.78, 5) is 18.8. The van der Waals surface area contributed by atoms with E-state index in [1.165, 1.54) is 0 Å². The number of nitrogens with one attached hydrogen (secondary N) is 2. The predicted molar refractivity (Wildman–Crippen MR) is 109 cm³/mol. The van der Waals surface area contributed by atoms with E-state index in [1.54, 1.807) is 0 Å². The summed E-state index contributed by atoms with van der Waals surface area (Å²) in [5, 5.41) is 10.2. The highest BCUT2D eigenvalue weighted by molar-refractivity contribution is 5.89. The zero-order valence-electron chi connectivity index (χ0n) is 16.1. The summed E-state index contributed by atoms with van der Waals surface area (Å²) in [7, 11) is 0. The van der Waals surface area contributed by atoms with Crippen LogP contribution in [0.3, 0.4) is 0 Å². The third kappa shape index (κ3) is 3.63. The topological polar surface area (TPSA) is 83.8 Å². The molecule has 0 radical (unpaired) electrons. The molecule has 0 bridgehead atoms. The number of carbonyl (C=O) groups excluding carboxylic acids is 1. The number of aromatic nitrogens is 3. The van der Waals surface area contributed by atoms with Gasteiger partial charge in [0.25, 0.3) is 0 Å². The van der Waals surface area contributed by atoms with E-state index in [9.17, 15) is 4.79 Å². The summed E-state index contributed by atoms with van der Waals surface area (Å²) in [5.74, 6) is 1.55. The second kappa shape index (κ2) is 7.85. The number of urea groups is 1. The fourth-order valence-corrected chi connectivity index (χ4v) is 3.33. The number of fused-ring (bicyclic) bond motifs is 1. The molecule has 2 aromatic heterocycles. The normalized spacial score (nSPS) is 16.9. The van der Waals surface area contributed by atoms with E-state index in [2.05, 4.69) is 27.6 Å². The second-order valence-corrected chi connectivity index (χ2v) is 6.78. The van der Waals surface area contributed by atoms with Crippen LogP contribution in [0.5, 0.6) is 0 Å². The Morgan fingerprint density at radius 3 is 2.86 bits per heavy atom. The summed E-state index contributed by atoms with van der Waals surface area (Å²) < 4.78 is 7.43. The van der Waals surface area contributed by atoms with E-state index in [-0.39, 0.29) is 12.1 Å². The molecule has 2 N–H and O–H groups in total. The monoisotopic (exact) mass is 380 g/mol. The first-order valence-electron chi connectivity index (χ1n) is 9.51. The first-order valence-corrected chi connectivity index (χ1v) is 9.51. The highest BCUT2D eigenvalue weighted by Crippen LogP contribution is 2.27. The van der Waals surface area contributed by atoms with Crippen molar-refractivity contribution < 1.29 is 9.53 Å². The SMILES string of the molecule is CCNC(=O)Nc1ccc(-c2nc(N3CCOC[C@H]3C)c3cccn3n2)cc1. The van der Waals surface area contributed by atoms with Crippen LogP contribution in [-0.4, -0.2) is 53.0 Å². The van der Waals surface area contributed by atoms with Crippen molar-refractivity contribution in [2.45, 2.75) is 19.9 Å².